The molecule has 0 atom stereocenters. The van der Waals surface area contributed by atoms with Gasteiger partial charge in [0.15, 0.2) is 0 Å². The lowest BCUT2D eigenvalue weighted by Crippen LogP contribution is -2.32. The molecule has 1 aliphatic rings. The molecule has 0 saturated heterocycles. The fraction of sp³-hybridized carbons (Fsp3) is 0.120. The molecule has 3 aromatic rings. The second-order valence-corrected chi connectivity index (χ2v) is 7.42. The van der Waals surface area contributed by atoms with Gasteiger partial charge < -0.3 is 10.2 Å². The molecule has 0 fully saturated rings. The molecule has 0 saturated carbocycles. The van der Waals surface area contributed by atoms with E-state index in [1.165, 1.54) is 4.90 Å². The van der Waals surface area contributed by atoms with E-state index in [1.807, 2.05) is 98.7 Å². The molecule has 0 unspecified atom stereocenters. The Hall–Kier alpha value is -3.86. The zero-order valence-electron chi connectivity index (χ0n) is 17.2. The monoisotopic (exact) mass is 397 g/mol. The van der Waals surface area contributed by atoms with Crippen LogP contribution in [0.5, 0.6) is 0 Å². The van der Waals surface area contributed by atoms with Gasteiger partial charge in [0.2, 0.25) is 0 Å². The molecule has 2 amide bonds. The zero-order chi connectivity index (χ0) is 21.3. The molecule has 30 heavy (non-hydrogen) atoms. The number of anilines is 3. The first kappa shape index (κ1) is 19.5. The van der Waals surface area contributed by atoms with Gasteiger partial charge in [-0.1, -0.05) is 54.6 Å². The van der Waals surface area contributed by atoms with Crippen molar-refractivity contribution < 1.29 is 9.59 Å². The normalized spacial score (nSPS) is 13.8. The van der Waals surface area contributed by atoms with Crippen LogP contribution in [0.4, 0.5) is 17.1 Å². The number of nitrogens with one attached hydrogen (secondary N) is 1. The molecule has 0 bridgehead atoms. The average Bonchev–Trinajstić information content (AvgIpc) is 3.00. The summed E-state index contributed by atoms with van der Waals surface area (Å²) >= 11 is 0. The summed E-state index contributed by atoms with van der Waals surface area (Å²) in [6, 6.07) is 24.4. The lowest BCUT2D eigenvalue weighted by molar-refractivity contribution is -0.120. The van der Waals surface area contributed by atoms with Crippen LogP contribution in [0.1, 0.15) is 11.1 Å². The molecule has 150 valence electrons. The molecule has 3 aromatic carbocycles. The summed E-state index contributed by atoms with van der Waals surface area (Å²) in [5, 5.41) is 3.23. The van der Waals surface area contributed by atoms with Gasteiger partial charge in [-0.25, -0.2) is 4.90 Å². The van der Waals surface area contributed by atoms with E-state index in [1.54, 1.807) is 6.07 Å². The first-order chi connectivity index (χ1) is 14.5. The third-order valence-electron chi connectivity index (χ3n) is 5.16. The molecule has 0 radical (unpaired) electrons. The highest BCUT2D eigenvalue weighted by Crippen LogP contribution is 2.35. The molecule has 1 heterocycles. The zero-order valence-corrected chi connectivity index (χ0v) is 17.2. The van der Waals surface area contributed by atoms with Crippen LogP contribution in [0.2, 0.25) is 0 Å². The Labute approximate surface area is 176 Å². The Kier molecular flexibility index (Phi) is 5.11. The summed E-state index contributed by atoms with van der Waals surface area (Å²) in [6.07, 6.45) is 0. The summed E-state index contributed by atoms with van der Waals surface area (Å²) in [7, 11) is 3.84. The molecular weight excluding hydrogens is 374 g/mol. The molecule has 1 N–H and O–H groups in total. The number of para-hydroxylation sites is 1. The van der Waals surface area contributed by atoms with Gasteiger partial charge >= 0.3 is 0 Å². The first-order valence-corrected chi connectivity index (χ1v) is 9.76. The Bertz CT molecular complexity index is 1150. The number of benzene rings is 3. The number of imide groups is 1. The molecule has 5 heteroatoms. The lowest BCUT2D eigenvalue weighted by atomic mass is 10.0. The third kappa shape index (κ3) is 3.46. The Balaban J connectivity index is 1.82. The van der Waals surface area contributed by atoms with Crippen LogP contribution < -0.4 is 15.1 Å². The van der Waals surface area contributed by atoms with Crippen molar-refractivity contribution in [1.29, 1.82) is 0 Å². The number of carbonyl (C=O) groups excluding carboxylic acids is 2. The molecule has 0 spiro atoms. The highest BCUT2D eigenvalue weighted by atomic mass is 16.2. The predicted octanol–water partition coefficient (Wildman–Crippen LogP) is 4.46. The molecule has 1 aliphatic heterocycles. The smallest absolute Gasteiger partial charge is 0.282 e. The highest BCUT2D eigenvalue weighted by Gasteiger charge is 2.40. The molecule has 0 aliphatic carbocycles. The quantitative estimate of drug-likeness (QED) is 0.646. The van der Waals surface area contributed by atoms with Gasteiger partial charge in [0.25, 0.3) is 11.8 Å². The van der Waals surface area contributed by atoms with E-state index in [0.717, 1.165) is 16.9 Å². The second-order valence-electron chi connectivity index (χ2n) is 7.42. The van der Waals surface area contributed by atoms with E-state index in [2.05, 4.69) is 5.32 Å². The Morgan fingerprint density at radius 1 is 0.800 bits per heavy atom. The van der Waals surface area contributed by atoms with Crippen molar-refractivity contribution in [2.75, 3.05) is 29.2 Å². The summed E-state index contributed by atoms with van der Waals surface area (Å²) in [5.74, 6) is -0.698. The van der Waals surface area contributed by atoms with Crippen molar-refractivity contribution in [2.45, 2.75) is 6.92 Å². The van der Waals surface area contributed by atoms with Crippen LogP contribution >= 0.6 is 0 Å². The van der Waals surface area contributed by atoms with Crippen LogP contribution in [0.3, 0.4) is 0 Å². The van der Waals surface area contributed by atoms with Crippen molar-refractivity contribution in [3.8, 4) is 0 Å². The van der Waals surface area contributed by atoms with Gasteiger partial charge in [-0.15, -0.1) is 0 Å². The standard InChI is InChI=1S/C25H23N3O2/c1-17-10-7-8-15-21(17)26-23-22(18-11-5-4-6-12-18)24(29)28(25(23)30)20-14-9-13-19(16-20)27(2)3/h4-16,26H,1-3H3. The number of aryl methyl sites for hydroxylation is 1. The van der Waals surface area contributed by atoms with E-state index in [0.29, 0.717) is 16.8 Å². The van der Waals surface area contributed by atoms with Crippen molar-refractivity contribution in [1.82, 2.24) is 0 Å². The summed E-state index contributed by atoms with van der Waals surface area (Å²) in [5.41, 5.74) is 4.62. The maximum absolute atomic E-state index is 13.5. The topological polar surface area (TPSA) is 52.7 Å². The number of nitrogens with zero attached hydrogens (tertiary/aromatic N) is 2. The number of rotatable bonds is 5. The summed E-state index contributed by atoms with van der Waals surface area (Å²) in [6.45, 7) is 1.96. The minimum absolute atomic E-state index is 0.288. The molecule has 0 aromatic heterocycles. The van der Waals surface area contributed by atoms with Crippen molar-refractivity contribution in [3.63, 3.8) is 0 Å². The lowest BCUT2D eigenvalue weighted by Gasteiger charge is -2.19. The number of carbonyl (C=O) groups is 2. The maximum atomic E-state index is 13.5. The first-order valence-electron chi connectivity index (χ1n) is 9.76. The number of amides is 2. The van der Waals surface area contributed by atoms with Crippen molar-refractivity contribution in [2.24, 2.45) is 0 Å². The summed E-state index contributed by atoms with van der Waals surface area (Å²) in [4.78, 5) is 30.1. The van der Waals surface area contributed by atoms with E-state index in [9.17, 15) is 9.59 Å². The number of hydrogen-bond acceptors (Lipinski definition) is 4. The van der Waals surface area contributed by atoms with E-state index in [-0.39, 0.29) is 17.5 Å². The average molecular weight is 397 g/mol. The second kappa shape index (κ2) is 7.87. The SMILES string of the molecule is Cc1ccccc1NC1=C(c2ccccc2)C(=O)N(c2cccc(N(C)C)c2)C1=O. The highest BCUT2D eigenvalue weighted by molar-refractivity contribution is 6.46. The van der Waals surface area contributed by atoms with Crippen molar-refractivity contribution >= 4 is 34.4 Å². The summed E-state index contributed by atoms with van der Waals surface area (Å²) < 4.78 is 0. The molecular formula is C25H23N3O2. The predicted molar refractivity (Wildman–Crippen MR) is 121 cm³/mol. The van der Waals surface area contributed by atoms with Gasteiger partial charge in [-0.05, 0) is 42.3 Å². The Morgan fingerprint density at radius 3 is 2.20 bits per heavy atom. The van der Waals surface area contributed by atoms with Gasteiger partial charge in [-0.2, -0.15) is 0 Å². The van der Waals surface area contributed by atoms with Gasteiger partial charge in [0, 0.05) is 25.5 Å². The van der Waals surface area contributed by atoms with Crippen LogP contribution in [0, 0.1) is 6.92 Å². The molecule has 5 nitrogen and oxygen atoms in total. The van der Waals surface area contributed by atoms with Gasteiger partial charge in [0.05, 0.1) is 11.3 Å². The van der Waals surface area contributed by atoms with Crippen LogP contribution in [-0.4, -0.2) is 25.9 Å². The third-order valence-corrected chi connectivity index (χ3v) is 5.16. The largest absolute Gasteiger partial charge is 0.378 e. The van der Waals surface area contributed by atoms with Gasteiger partial charge in [0.1, 0.15) is 5.70 Å². The Morgan fingerprint density at radius 2 is 1.50 bits per heavy atom. The minimum Gasteiger partial charge on any atom is -0.378 e. The maximum Gasteiger partial charge on any atom is 0.282 e. The van der Waals surface area contributed by atoms with Crippen molar-refractivity contribution in [3.05, 3.63) is 95.7 Å². The molecule has 4 rings (SSSR count). The number of hydrogen-bond donors (Lipinski definition) is 1. The van der Waals surface area contributed by atoms with Crippen LogP contribution in [0.25, 0.3) is 5.57 Å². The fourth-order valence-electron chi connectivity index (χ4n) is 3.51. The van der Waals surface area contributed by atoms with Gasteiger partial charge in [-0.3, -0.25) is 9.59 Å². The van der Waals surface area contributed by atoms with E-state index < -0.39 is 0 Å². The minimum atomic E-state index is -0.363. The van der Waals surface area contributed by atoms with Crippen LogP contribution in [0.15, 0.2) is 84.6 Å². The fourth-order valence-corrected chi connectivity index (χ4v) is 3.51. The van der Waals surface area contributed by atoms with E-state index >= 15 is 0 Å². The van der Waals surface area contributed by atoms with E-state index in [4.69, 9.17) is 0 Å². The van der Waals surface area contributed by atoms with Crippen LogP contribution in [-0.2, 0) is 9.59 Å².